The number of rotatable bonds is 7. The molecule has 6 nitrogen and oxygen atoms in total. The van der Waals surface area contributed by atoms with E-state index in [2.05, 4.69) is 9.71 Å². The molecule has 1 unspecified atom stereocenters. The van der Waals surface area contributed by atoms with E-state index in [0.717, 1.165) is 22.9 Å². The smallest absolute Gasteiger partial charge is 0.250 e. The first-order valence-corrected chi connectivity index (χ1v) is 11.9. The number of pyridine rings is 1. The molecule has 0 amide bonds. The number of anilines is 1. The third kappa shape index (κ3) is 5.83. The molecule has 2 N–H and O–H groups in total. The van der Waals surface area contributed by atoms with E-state index in [0.29, 0.717) is 21.8 Å². The Morgan fingerprint density at radius 1 is 1.06 bits per heavy atom. The van der Waals surface area contributed by atoms with Crippen LogP contribution in [0.25, 0.3) is 0 Å². The molecule has 0 saturated carbocycles. The van der Waals surface area contributed by atoms with Crippen molar-refractivity contribution in [3.05, 3.63) is 97.9 Å². The fourth-order valence-corrected chi connectivity index (χ4v) is 4.29. The van der Waals surface area contributed by atoms with E-state index >= 15 is 0 Å². The van der Waals surface area contributed by atoms with E-state index in [-0.39, 0.29) is 23.7 Å². The maximum Gasteiger partial charge on any atom is 0.250 e. The van der Waals surface area contributed by atoms with Crippen molar-refractivity contribution in [2.45, 2.75) is 26.2 Å². The van der Waals surface area contributed by atoms with Gasteiger partial charge in [0.25, 0.3) is 5.56 Å². The number of H-pyrrole nitrogens is 1. The number of aromatic nitrogens is 1. The number of halogens is 1. The number of aryl methyl sites for hydroxylation is 2. The number of Topliss-reactive ketones (excluding diaryl/α,β-unsaturated/α-hetero) is 1. The number of hydrogen-bond donors (Lipinski definition) is 2. The van der Waals surface area contributed by atoms with Crippen LogP contribution in [0, 0.1) is 13.8 Å². The summed E-state index contributed by atoms with van der Waals surface area (Å²) >= 11 is 6.12. The summed E-state index contributed by atoms with van der Waals surface area (Å²) in [7, 11) is -3.38. The van der Waals surface area contributed by atoms with Crippen LogP contribution in [-0.4, -0.2) is 25.4 Å². The quantitative estimate of drug-likeness (QED) is 0.512. The normalized spacial score (nSPS) is 12.4. The molecular formula is C23H23ClN2O4S. The molecule has 0 aliphatic carbocycles. The Balaban J connectivity index is 1.99. The Hall–Kier alpha value is -2.90. The first-order chi connectivity index (χ1) is 14.5. The van der Waals surface area contributed by atoms with Crippen LogP contribution in [0.1, 0.15) is 45.0 Å². The highest BCUT2D eigenvalue weighted by Gasteiger charge is 2.22. The van der Waals surface area contributed by atoms with E-state index < -0.39 is 10.0 Å². The maximum absolute atomic E-state index is 13.1. The number of carbonyl (C=O) groups excluding carboxylic acids is 1. The number of ketones is 1. The van der Waals surface area contributed by atoms with Crippen LogP contribution >= 0.6 is 11.6 Å². The molecule has 3 aromatic rings. The first-order valence-electron chi connectivity index (χ1n) is 9.60. The van der Waals surface area contributed by atoms with Crippen LogP contribution in [-0.2, 0) is 10.0 Å². The van der Waals surface area contributed by atoms with Crippen molar-refractivity contribution >= 4 is 33.1 Å². The lowest BCUT2D eigenvalue weighted by Gasteiger charge is -2.20. The summed E-state index contributed by atoms with van der Waals surface area (Å²) in [6.07, 6.45) is 2.70. The molecular weight excluding hydrogens is 436 g/mol. The van der Waals surface area contributed by atoms with Gasteiger partial charge >= 0.3 is 0 Å². The molecule has 1 aromatic heterocycles. The molecule has 1 heterocycles. The fraction of sp³-hybridized carbons (Fsp3) is 0.217. The SMILES string of the molecule is Cc1cc(Cl)ccc1C(CC(=O)c1c[nH]c(=O)c(C)c1)c1ccc(NS(C)(=O)=O)cc1. The van der Waals surface area contributed by atoms with Crippen molar-refractivity contribution in [2.24, 2.45) is 0 Å². The predicted molar refractivity (Wildman–Crippen MR) is 124 cm³/mol. The molecule has 162 valence electrons. The Bertz CT molecular complexity index is 1280. The zero-order valence-corrected chi connectivity index (χ0v) is 19.0. The number of hydrogen-bond acceptors (Lipinski definition) is 4. The van der Waals surface area contributed by atoms with Crippen molar-refractivity contribution in [3.8, 4) is 0 Å². The highest BCUT2D eigenvalue weighted by molar-refractivity contribution is 7.92. The molecule has 0 aliphatic heterocycles. The van der Waals surface area contributed by atoms with Crippen LogP contribution in [0.15, 0.2) is 59.5 Å². The summed E-state index contributed by atoms with van der Waals surface area (Å²) in [5, 5.41) is 0.607. The minimum absolute atomic E-state index is 0.114. The molecule has 0 radical (unpaired) electrons. The van der Waals surface area contributed by atoms with Crippen molar-refractivity contribution in [1.82, 2.24) is 4.98 Å². The van der Waals surface area contributed by atoms with Gasteiger partial charge in [0, 0.05) is 40.4 Å². The molecule has 0 fully saturated rings. The largest absolute Gasteiger partial charge is 0.328 e. The van der Waals surface area contributed by atoms with Crippen molar-refractivity contribution in [2.75, 3.05) is 11.0 Å². The van der Waals surface area contributed by atoms with Crippen LogP contribution in [0.3, 0.4) is 0 Å². The van der Waals surface area contributed by atoms with Crippen molar-refractivity contribution < 1.29 is 13.2 Å². The van der Waals surface area contributed by atoms with Gasteiger partial charge in [-0.1, -0.05) is 29.8 Å². The zero-order valence-electron chi connectivity index (χ0n) is 17.4. The number of sulfonamides is 1. The van der Waals surface area contributed by atoms with E-state index in [9.17, 15) is 18.0 Å². The summed E-state index contributed by atoms with van der Waals surface area (Å²) in [5.41, 5.74) is 3.88. The standard InChI is InChI=1S/C23H23ClN2O4S/c1-14-11-18(24)6-9-20(14)21(12-22(27)17-10-15(2)23(28)25-13-17)16-4-7-19(8-5-16)26-31(3,29)30/h4-11,13,21,26H,12H2,1-3H3,(H,25,28). The molecule has 0 spiro atoms. The maximum atomic E-state index is 13.1. The van der Waals surface area contributed by atoms with E-state index in [1.54, 1.807) is 43.3 Å². The summed E-state index contributed by atoms with van der Waals surface area (Å²) in [5.74, 6) is -0.388. The Morgan fingerprint density at radius 3 is 2.32 bits per heavy atom. The van der Waals surface area contributed by atoms with Gasteiger partial charge in [-0.25, -0.2) is 8.42 Å². The summed E-state index contributed by atoms with van der Waals surface area (Å²) in [6, 6.07) is 14.1. The molecule has 8 heteroatoms. The Morgan fingerprint density at radius 2 is 1.74 bits per heavy atom. The van der Waals surface area contributed by atoms with Crippen molar-refractivity contribution in [1.29, 1.82) is 0 Å². The average Bonchev–Trinajstić information content (AvgIpc) is 2.68. The molecule has 3 rings (SSSR count). The molecule has 0 bridgehead atoms. The molecule has 31 heavy (non-hydrogen) atoms. The molecule has 1 atom stereocenters. The minimum atomic E-state index is -3.38. The van der Waals surface area contributed by atoms with E-state index in [4.69, 9.17) is 11.6 Å². The molecule has 0 aliphatic rings. The Kier molecular flexibility index (Phi) is 6.67. The first kappa shape index (κ1) is 22.8. The van der Waals surface area contributed by atoms with Gasteiger partial charge in [-0.05, 0) is 60.9 Å². The summed E-state index contributed by atoms with van der Waals surface area (Å²) in [4.78, 5) is 27.3. The second-order valence-corrected chi connectivity index (χ2v) is 9.76. The van der Waals surface area contributed by atoms with Gasteiger partial charge in [0.2, 0.25) is 10.0 Å². The van der Waals surface area contributed by atoms with Gasteiger partial charge in [0.05, 0.1) is 6.26 Å². The second kappa shape index (κ2) is 9.08. The van der Waals surface area contributed by atoms with Gasteiger partial charge in [-0.15, -0.1) is 0 Å². The number of nitrogens with one attached hydrogen (secondary N) is 2. The summed E-state index contributed by atoms with van der Waals surface area (Å²) < 4.78 is 25.4. The van der Waals surface area contributed by atoms with Crippen LogP contribution in [0.2, 0.25) is 5.02 Å². The highest BCUT2D eigenvalue weighted by Crippen LogP contribution is 2.33. The van der Waals surface area contributed by atoms with Crippen molar-refractivity contribution in [3.63, 3.8) is 0 Å². The minimum Gasteiger partial charge on any atom is -0.328 e. The Labute approximate surface area is 186 Å². The summed E-state index contributed by atoms with van der Waals surface area (Å²) in [6.45, 7) is 3.59. The van der Waals surface area contributed by atoms with Crippen LogP contribution < -0.4 is 10.3 Å². The van der Waals surface area contributed by atoms with Crippen LogP contribution in [0.5, 0.6) is 0 Å². The van der Waals surface area contributed by atoms with E-state index in [1.165, 1.54) is 6.20 Å². The topological polar surface area (TPSA) is 96.1 Å². The van der Waals surface area contributed by atoms with Gasteiger partial charge in [-0.3, -0.25) is 14.3 Å². The van der Waals surface area contributed by atoms with Gasteiger partial charge in [0.1, 0.15) is 0 Å². The monoisotopic (exact) mass is 458 g/mol. The fourth-order valence-electron chi connectivity index (χ4n) is 3.50. The third-order valence-corrected chi connectivity index (χ3v) is 5.87. The van der Waals surface area contributed by atoms with Crippen LogP contribution in [0.4, 0.5) is 5.69 Å². The number of carbonyl (C=O) groups is 1. The lowest BCUT2D eigenvalue weighted by atomic mass is 9.84. The predicted octanol–water partition coefficient (Wildman–Crippen LogP) is 4.42. The van der Waals surface area contributed by atoms with Gasteiger partial charge < -0.3 is 4.98 Å². The lowest BCUT2D eigenvalue weighted by molar-refractivity contribution is 0.0977. The second-order valence-electron chi connectivity index (χ2n) is 7.58. The average molecular weight is 459 g/mol. The van der Waals surface area contributed by atoms with Gasteiger partial charge in [-0.2, -0.15) is 0 Å². The number of benzene rings is 2. The molecule has 2 aromatic carbocycles. The van der Waals surface area contributed by atoms with Gasteiger partial charge in [0.15, 0.2) is 5.78 Å². The lowest BCUT2D eigenvalue weighted by Crippen LogP contribution is -2.15. The molecule has 0 saturated heterocycles. The number of aromatic amines is 1. The highest BCUT2D eigenvalue weighted by atomic mass is 35.5. The zero-order chi connectivity index (χ0) is 22.8. The third-order valence-electron chi connectivity index (χ3n) is 5.02. The van der Waals surface area contributed by atoms with E-state index in [1.807, 2.05) is 19.1 Å².